The molecule has 3 nitrogen and oxygen atoms in total. The van der Waals surface area contributed by atoms with E-state index >= 15 is 0 Å². The fourth-order valence-electron chi connectivity index (χ4n) is 1.65. The molecule has 2 rings (SSSR count). The summed E-state index contributed by atoms with van der Waals surface area (Å²) >= 11 is 0. The molecule has 21 heavy (non-hydrogen) atoms. The molecule has 0 aliphatic rings. The molecular weight excluding hydrogens is 305 g/mol. The maximum absolute atomic E-state index is 13.0. The molecule has 0 saturated carbocycles. The van der Waals surface area contributed by atoms with Crippen LogP contribution in [0.3, 0.4) is 0 Å². The van der Waals surface area contributed by atoms with Crippen molar-refractivity contribution in [3.63, 3.8) is 0 Å². The third-order valence-electron chi connectivity index (χ3n) is 2.74. The summed E-state index contributed by atoms with van der Waals surface area (Å²) in [5.74, 6) is -4.77. The van der Waals surface area contributed by atoms with E-state index in [-0.39, 0.29) is 10.5 Å². The normalized spacial score (nSPS) is 11.4. The Bertz CT molecular complexity index is 784. The van der Waals surface area contributed by atoms with Crippen LogP contribution in [0.4, 0.5) is 13.2 Å². The zero-order valence-electron chi connectivity index (χ0n) is 10.5. The van der Waals surface area contributed by atoms with Gasteiger partial charge in [0.25, 0.3) is 0 Å². The number of hydrogen-bond acceptors (Lipinski definition) is 3. The Labute approximate surface area is 119 Å². The molecule has 0 heterocycles. The van der Waals surface area contributed by atoms with Crippen molar-refractivity contribution in [2.75, 3.05) is 5.75 Å². The molecular formula is C14H9F3O3S. The molecule has 2 aromatic carbocycles. The molecule has 2 aromatic rings. The van der Waals surface area contributed by atoms with Gasteiger partial charge in [-0.2, -0.15) is 0 Å². The standard InChI is InChI=1S/C14H9F3O3S/c15-10-2-4-11(5-3-10)21(19,20)8-14(18)9-1-6-12(16)13(17)7-9/h1-7H,8H2. The van der Waals surface area contributed by atoms with Gasteiger partial charge in [-0.05, 0) is 42.5 Å². The Balaban J connectivity index is 2.25. The number of ketones is 1. The first kappa shape index (κ1) is 15.2. The van der Waals surface area contributed by atoms with Gasteiger partial charge in [0.1, 0.15) is 11.6 Å². The molecule has 0 aliphatic carbocycles. The van der Waals surface area contributed by atoms with Crippen LogP contribution < -0.4 is 0 Å². The number of carbonyl (C=O) groups is 1. The average Bonchev–Trinajstić information content (AvgIpc) is 2.41. The van der Waals surface area contributed by atoms with Crippen LogP contribution in [-0.4, -0.2) is 20.0 Å². The van der Waals surface area contributed by atoms with Crippen molar-refractivity contribution in [3.05, 3.63) is 65.5 Å². The molecule has 110 valence electrons. The SMILES string of the molecule is O=C(CS(=O)(=O)c1ccc(F)cc1)c1ccc(F)c(F)c1. The van der Waals surface area contributed by atoms with Crippen LogP contribution in [0.1, 0.15) is 10.4 Å². The third kappa shape index (κ3) is 3.49. The number of rotatable bonds is 4. The quantitative estimate of drug-likeness (QED) is 0.644. The van der Waals surface area contributed by atoms with Crippen molar-refractivity contribution in [2.24, 2.45) is 0 Å². The zero-order valence-corrected chi connectivity index (χ0v) is 11.3. The van der Waals surface area contributed by atoms with Gasteiger partial charge in [0.05, 0.1) is 4.90 Å². The second kappa shape index (κ2) is 5.69. The number of sulfone groups is 1. The Hall–Kier alpha value is -2.15. The second-order valence-electron chi connectivity index (χ2n) is 4.27. The minimum absolute atomic E-state index is 0.222. The molecule has 0 atom stereocenters. The average molecular weight is 314 g/mol. The molecule has 0 aliphatic heterocycles. The maximum atomic E-state index is 13.0. The number of carbonyl (C=O) groups excluding carboxylic acids is 1. The Morgan fingerprint density at radius 3 is 2.10 bits per heavy atom. The van der Waals surface area contributed by atoms with Gasteiger partial charge in [0.15, 0.2) is 27.3 Å². The van der Waals surface area contributed by atoms with E-state index in [2.05, 4.69) is 0 Å². The summed E-state index contributed by atoms with van der Waals surface area (Å²) in [7, 11) is -3.98. The van der Waals surface area contributed by atoms with E-state index in [1.165, 1.54) is 0 Å². The minimum atomic E-state index is -3.98. The summed E-state index contributed by atoms with van der Waals surface area (Å²) in [6.07, 6.45) is 0. The molecule has 0 fully saturated rings. The van der Waals surface area contributed by atoms with E-state index in [0.29, 0.717) is 6.07 Å². The van der Waals surface area contributed by atoms with Gasteiger partial charge < -0.3 is 0 Å². The summed E-state index contributed by atoms with van der Waals surface area (Å²) in [6.45, 7) is 0. The van der Waals surface area contributed by atoms with Crippen molar-refractivity contribution >= 4 is 15.6 Å². The summed E-state index contributed by atoms with van der Waals surface area (Å²) in [5.41, 5.74) is -0.250. The van der Waals surface area contributed by atoms with E-state index in [1.807, 2.05) is 0 Å². The van der Waals surface area contributed by atoms with E-state index < -0.39 is 38.8 Å². The summed E-state index contributed by atoms with van der Waals surface area (Å²) in [6, 6.07) is 6.35. The smallest absolute Gasteiger partial charge is 0.185 e. The number of halogens is 3. The molecule has 0 bridgehead atoms. The van der Waals surface area contributed by atoms with Crippen molar-refractivity contribution in [1.82, 2.24) is 0 Å². The topological polar surface area (TPSA) is 51.2 Å². The van der Waals surface area contributed by atoms with Crippen LogP contribution in [-0.2, 0) is 9.84 Å². The van der Waals surface area contributed by atoms with Crippen LogP contribution >= 0.6 is 0 Å². The van der Waals surface area contributed by atoms with Crippen molar-refractivity contribution < 1.29 is 26.4 Å². The first-order valence-corrected chi connectivity index (χ1v) is 7.41. The highest BCUT2D eigenvalue weighted by molar-refractivity contribution is 7.92. The second-order valence-corrected chi connectivity index (χ2v) is 6.25. The predicted molar refractivity (Wildman–Crippen MR) is 69.1 cm³/mol. The lowest BCUT2D eigenvalue weighted by molar-refractivity contribution is 0.102. The zero-order chi connectivity index (χ0) is 15.6. The lowest BCUT2D eigenvalue weighted by Gasteiger charge is -2.04. The highest BCUT2D eigenvalue weighted by atomic mass is 32.2. The first-order chi connectivity index (χ1) is 9.79. The molecule has 0 N–H and O–H groups in total. The van der Waals surface area contributed by atoms with E-state index in [4.69, 9.17) is 0 Å². The van der Waals surface area contributed by atoms with Gasteiger partial charge in [0.2, 0.25) is 0 Å². The Kier molecular flexibility index (Phi) is 4.13. The van der Waals surface area contributed by atoms with Crippen LogP contribution in [0.15, 0.2) is 47.4 Å². The Morgan fingerprint density at radius 2 is 1.52 bits per heavy atom. The minimum Gasteiger partial charge on any atom is -0.293 e. The van der Waals surface area contributed by atoms with Crippen molar-refractivity contribution in [1.29, 1.82) is 0 Å². The highest BCUT2D eigenvalue weighted by Crippen LogP contribution is 2.15. The van der Waals surface area contributed by atoms with Crippen LogP contribution in [0.5, 0.6) is 0 Å². The fraction of sp³-hybridized carbons (Fsp3) is 0.0714. The van der Waals surface area contributed by atoms with E-state index in [1.54, 1.807) is 0 Å². The van der Waals surface area contributed by atoms with Crippen molar-refractivity contribution in [3.8, 4) is 0 Å². The molecule has 0 spiro atoms. The van der Waals surface area contributed by atoms with Crippen LogP contribution in [0, 0.1) is 17.5 Å². The lowest BCUT2D eigenvalue weighted by Crippen LogP contribution is -2.16. The summed E-state index contributed by atoms with van der Waals surface area (Å²) in [5, 5.41) is 0. The number of benzene rings is 2. The largest absolute Gasteiger partial charge is 0.293 e. The first-order valence-electron chi connectivity index (χ1n) is 5.76. The molecule has 0 radical (unpaired) electrons. The predicted octanol–water partition coefficient (Wildman–Crippen LogP) is 2.76. The highest BCUT2D eigenvalue weighted by Gasteiger charge is 2.21. The van der Waals surface area contributed by atoms with Crippen LogP contribution in [0.2, 0.25) is 0 Å². The molecule has 0 saturated heterocycles. The molecule has 0 amide bonds. The molecule has 7 heteroatoms. The van der Waals surface area contributed by atoms with Gasteiger partial charge in [0, 0.05) is 5.56 Å². The van der Waals surface area contributed by atoms with E-state index in [0.717, 1.165) is 36.4 Å². The van der Waals surface area contributed by atoms with Gasteiger partial charge in [-0.3, -0.25) is 4.79 Å². The summed E-state index contributed by atoms with van der Waals surface area (Å²) in [4.78, 5) is 11.6. The fourth-order valence-corrected chi connectivity index (χ4v) is 2.88. The molecule has 0 aromatic heterocycles. The molecule has 0 unspecified atom stereocenters. The van der Waals surface area contributed by atoms with E-state index in [9.17, 15) is 26.4 Å². The van der Waals surface area contributed by atoms with Gasteiger partial charge in [-0.1, -0.05) is 0 Å². The van der Waals surface area contributed by atoms with Crippen molar-refractivity contribution in [2.45, 2.75) is 4.90 Å². The van der Waals surface area contributed by atoms with Crippen LogP contribution in [0.25, 0.3) is 0 Å². The number of Topliss-reactive ketones (excluding diaryl/α,β-unsaturated/α-hetero) is 1. The summed E-state index contributed by atoms with van der Waals surface area (Å²) < 4.78 is 62.5. The van der Waals surface area contributed by atoms with Gasteiger partial charge in [-0.15, -0.1) is 0 Å². The van der Waals surface area contributed by atoms with Gasteiger partial charge >= 0.3 is 0 Å². The Morgan fingerprint density at radius 1 is 0.905 bits per heavy atom. The lowest BCUT2D eigenvalue weighted by atomic mass is 10.1. The monoisotopic (exact) mass is 314 g/mol. The van der Waals surface area contributed by atoms with Gasteiger partial charge in [-0.25, -0.2) is 21.6 Å². The maximum Gasteiger partial charge on any atom is 0.185 e. The third-order valence-corrected chi connectivity index (χ3v) is 4.37. The number of hydrogen-bond donors (Lipinski definition) is 0.